The SMILES string of the molecule is c1ccc(-c2ccc(-c3nc(-c4ccc(-c5ccccc5)c(-c5ccccc5)c4)nc(-c4cccc5oc6c(-c7ccccc7)cccc6c45)n3)cc2)cc1. The van der Waals surface area contributed by atoms with Crippen molar-refractivity contribution in [2.45, 2.75) is 0 Å². The van der Waals surface area contributed by atoms with E-state index in [1.807, 2.05) is 36.4 Å². The van der Waals surface area contributed by atoms with Crippen LogP contribution in [0.15, 0.2) is 205 Å². The fourth-order valence-electron chi connectivity index (χ4n) is 7.49. The van der Waals surface area contributed by atoms with Crippen molar-refractivity contribution in [3.05, 3.63) is 200 Å². The van der Waals surface area contributed by atoms with Crippen molar-refractivity contribution < 1.29 is 4.42 Å². The molecule has 0 radical (unpaired) electrons. The Labute approximate surface area is 319 Å². The van der Waals surface area contributed by atoms with Crippen LogP contribution in [0.1, 0.15) is 0 Å². The number of furan rings is 1. The standard InChI is InChI=1S/C51H33N3O/c1-5-15-34(16-6-1)35-27-29-39(30-28-35)49-52-50(40-31-32-41(36-17-7-2-8-18-36)45(33-40)38-21-11-4-12-22-38)54-51(53-49)44-25-14-26-46-47(44)43-24-13-23-42(48(43)55-46)37-19-9-3-10-20-37/h1-33H. The predicted octanol–water partition coefficient (Wildman–Crippen LogP) is 13.4. The molecule has 10 aromatic rings. The number of fused-ring (bicyclic) bond motifs is 3. The quantitative estimate of drug-likeness (QED) is 0.166. The summed E-state index contributed by atoms with van der Waals surface area (Å²) in [6.07, 6.45) is 0. The number of benzene rings is 8. The Bertz CT molecular complexity index is 2940. The highest BCUT2D eigenvalue weighted by Gasteiger charge is 2.20. The summed E-state index contributed by atoms with van der Waals surface area (Å²) in [5.74, 6) is 1.78. The van der Waals surface area contributed by atoms with Gasteiger partial charge in [-0.2, -0.15) is 0 Å². The third-order valence-electron chi connectivity index (χ3n) is 10.2. The minimum atomic E-state index is 0.582. The average molecular weight is 704 g/mol. The van der Waals surface area contributed by atoms with Crippen LogP contribution in [-0.2, 0) is 0 Å². The van der Waals surface area contributed by atoms with E-state index in [0.29, 0.717) is 17.5 Å². The maximum atomic E-state index is 6.63. The number of hydrogen-bond acceptors (Lipinski definition) is 4. The fourth-order valence-corrected chi connectivity index (χ4v) is 7.49. The molecule has 0 aliphatic carbocycles. The molecule has 2 aromatic heterocycles. The molecule has 0 fully saturated rings. The summed E-state index contributed by atoms with van der Waals surface area (Å²) in [5.41, 5.74) is 13.3. The van der Waals surface area contributed by atoms with E-state index in [-0.39, 0.29) is 0 Å². The zero-order valence-electron chi connectivity index (χ0n) is 29.8. The van der Waals surface area contributed by atoms with Crippen LogP contribution in [-0.4, -0.2) is 15.0 Å². The van der Waals surface area contributed by atoms with Gasteiger partial charge in [0.15, 0.2) is 17.5 Å². The lowest BCUT2D eigenvalue weighted by Gasteiger charge is -2.14. The summed E-state index contributed by atoms with van der Waals surface area (Å²) in [6.45, 7) is 0. The lowest BCUT2D eigenvalue weighted by atomic mass is 9.92. The van der Waals surface area contributed by atoms with Crippen LogP contribution in [0, 0.1) is 0 Å². The van der Waals surface area contributed by atoms with Crippen LogP contribution in [0.25, 0.3) is 101 Å². The zero-order valence-corrected chi connectivity index (χ0v) is 29.8. The van der Waals surface area contributed by atoms with E-state index >= 15 is 0 Å². The molecule has 0 N–H and O–H groups in total. The topological polar surface area (TPSA) is 51.8 Å². The van der Waals surface area contributed by atoms with Gasteiger partial charge in [0.25, 0.3) is 0 Å². The highest BCUT2D eigenvalue weighted by Crippen LogP contribution is 2.41. The van der Waals surface area contributed by atoms with E-state index < -0.39 is 0 Å². The van der Waals surface area contributed by atoms with Crippen molar-refractivity contribution in [3.8, 4) is 78.7 Å². The third-order valence-corrected chi connectivity index (χ3v) is 10.2. The highest BCUT2D eigenvalue weighted by atomic mass is 16.3. The third kappa shape index (κ3) is 6.06. The zero-order chi connectivity index (χ0) is 36.6. The molecule has 0 bridgehead atoms. The first-order chi connectivity index (χ1) is 27.3. The maximum Gasteiger partial charge on any atom is 0.164 e. The van der Waals surface area contributed by atoms with Crippen molar-refractivity contribution in [3.63, 3.8) is 0 Å². The normalized spacial score (nSPS) is 11.3. The van der Waals surface area contributed by atoms with Crippen LogP contribution in [0.3, 0.4) is 0 Å². The van der Waals surface area contributed by atoms with Gasteiger partial charge in [0.2, 0.25) is 0 Å². The van der Waals surface area contributed by atoms with Crippen molar-refractivity contribution in [2.24, 2.45) is 0 Å². The summed E-state index contributed by atoms with van der Waals surface area (Å²) in [4.78, 5) is 15.6. The molecular formula is C51H33N3O. The molecule has 0 saturated heterocycles. The Morgan fingerprint density at radius 1 is 0.291 bits per heavy atom. The molecule has 10 rings (SSSR count). The first kappa shape index (κ1) is 32.2. The molecule has 258 valence electrons. The van der Waals surface area contributed by atoms with Crippen molar-refractivity contribution in [1.82, 2.24) is 15.0 Å². The summed E-state index contributed by atoms with van der Waals surface area (Å²) < 4.78 is 6.63. The van der Waals surface area contributed by atoms with Crippen LogP contribution in [0.5, 0.6) is 0 Å². The minimum Gasteiger partial charge on any atom is -0.455 e. The first-order valence-electron chi connectivity index (χ1n) is 18.4. The Morgan fingerprint density at radius 2 is 0.764 bits per heavy atom. The van der Waals surface area contributed by atoms with Gasteiger partial charge in [0.1, 0.15) is 11.2 Å². The molecule has 0 amide bonds. The molecule has 4 heteroatoms. The van der Waals surface area contributed by atoms with Crippen LogP contribution in [0.2, 0.25) is 0 Å². The van der Waals surface area contributed by atoms with E-state index in [1.54, 1.807) is 0 Å². The van der Waals surface area contributed by atoms with Crippen molar-refractivity contribution in [2.75, 3.05) is 0 Å². The summed E-state index contributed by atoms with van der Waals surface area (Å²) >= 11 is 0. The largest absolute Gasteiger partial charge is 0.455 e. The number of nitrogens with zero attached hydrogens (tertiary/aromatic N) is 3. The van der Waals surface area contributed by atoms with Gasteiger partial charge in [-0.1, -0.05) is 188 Å². The highest BCUT2D eigenvalue weighted by molar-refractivity contribution is 6.15. The molecule has 8 aromatic carbocycles. The van der Waals surface area contributed by atoms with E-state index in [4.69, 9.17) is 19.4 Å². The molecule has 0 aliphatic heterocycles. The molecular weight excluding hydrogens is 671 g/mol. The van der Waals surface area contributed by atoms with Crippen LogP contribution >= 0.6 is 0 Å². The second-order valence-corrected chi connectivity index (χ2v) is 13.6. The summed E-state index contributed by atoms with van der Waals surface area (Å²) in [5, 5.41) is 1.99. The molecule has 0 atom stereocenters. The van der Waals surface area contributed by atoms with Gasteiger partial charge in [-0.05, 0) is 51.1 Å². The van der Waals surface area contributed by atoms with Crippen molar-refractivity contribution >= 4 is 21.9 Å². The Hall–Kier alpha value is -7.43. The molecule has 0 spiro atoms. The summed E-state index contributed by atoms with van der Waals surface area (Å²) in [7, 11) is 0. The van der Waals surface area contributed by atoms with E-state index in [1.165, 1.54) is 0 Å². The fraction of sp³-hybridized carbons (Fsp3) is 0. The monoisotopic (exact) mass is 703 g/mol. The van der Waals surface area contributed by atoms with Gasteiger partial charge in [0, 0.05) is 33.0 Å². The van der Waals surface area contributed by atoms with Crippen LogP contribution in [0.4, 0.5) is 0 Å². The van der Waals surface area contributed by atoms with Crippen molar-refractivity contribution in [1.29, 1.82) is 0 Å². The molecule has 4 nitrogen and oxygen atoms in total. The van der Waals surface area contributed by atoms with Gasteiger partial charge >= 0.3 is 0 Å². The average Bonchev–Trinajstić information content (AvgIpc) is 3.67. The minimum absolute atomic E-state index is 0.582. The molecule has 0 saturated carbocycles. The molecule has 55 heavy (non-hydrogen) atoms. The number of rotatable bonds is 7. The number of hydrogen-bond donors (Lipinski definition) is 0. The number of para-hydroxylation sites is 1. The van der Waals surface area contributed by atoms with E-state index in [0.717, 1.165) is 83.1 Å². The Balaban J connectivity index is 1.18. The van der Waals surface area contributed by atoms with Gasteiger partial charge in [-0.3, -0.25) is 0 Å². The van der Waals surface area contributed by atoms with E-state index in [2.05, 4.69) is 164 Å². The van der Waals surface area contributed by atoms with Crippen LogP contribution < -0.4 is 0 Å². The number of aromatic nitrogens is 3. The summed E-state index contributed by atoms with van der Waals surface area (Å²) in [6, 6.07) is 69.2. The second kappa shape index (κ2) is 13.8. The van der Waals surface area contributed by atoms with Gasteiger partial charge in [0.05, 0.1) is 0 Å². The lowest BCUT2D eigenvalue weighted by Crippen LogP contribution is -2.01. The maximum absolute atomic E-state index is 6.63. The van der Waals surface area contributed by atoms with Gasteiger partial charge < -0.3 is 4.42 Å². The predicted molar refractivity (Wildman–Crippen MR) is 225 cm³/mol. The second-order valence-electron chi connectivity index (χ2n) is 13.6. The van der Waals surface area contributed by atoms with E-state index in [9.17, 15) is 0 Å². The lowest BCUT2D eigenvalue weighted by molar-refractivity contribution is 0.670. The van der Waals surface area contributed by atoms with Gasteiger partial charge in [-0.25, -0.2) is 15.0 Å². The molecule has 0 aliphatic rings. The molecule has 0 unspecified atom stereocenters. The smallest absolute Gasteiger partial charge is 0.164 e. The molecule has 2 heterocycles. The Kier molecular flexibility index (Phi) is 8.12. The first-order valence-corrected chi connectivity index (χ1v) is 18.4. The Morgan fingerprint density at radius 3 is 1.42 bits per heavy atom. The van der Waals surface area contributed by atoms with Gasteiger partial charge in [-0.15, -0.1) is 0 Å².